The van der Waals surface area contributed by atoms with Gasteiger partial charge in [0.2, 0.25) is 5.91 Å². The molecule has 0 aromatic heterocycles. The molecule has 0 saturated heterocycles. The second-order valence-corrected chi connectivity index (χ2v) is 3.46. The summed E-state index contributed by atoms with van der Waals surface area (Å²) >= 11 is 0. The minimum absolute atomic E-state index is 0.0503. The van der Waals surface area contributed by atoms with Crippen LogP contribution in [0.5, 0.6) is 5.75 Å². The molecule has 1 aromatic rings. The molecule has 3 N–H and O–H groups in total. The Labute approximate surface area is 97.8 Å². The first-order valence-corrected chi connectivity index (χ1v) is 5.09. The van der Waals surface area contributed by atoms with Crippen LogP contribution in [-0.2, 0) is 4.79 Å². The second-order valence-electron chi connectivity index (χ2n) is 3.46. The van der Waals surface area contributed by atoms with Gasteiger partial charge in [0.1, 0.15) is 5.82 Å². The third kappa shape index (κ3) is 3.99. The van der Waals surface area contributed by atoms with Crippen molar-refractivity contribution in [1.29, 1.82) is 0 Å². The molecule has 1 aromatic carbocycles. The molecule has 0 radical (unpaired) electrons. The monoisotopic (exact) mass is 244 g/mol. The van der Waals surface area contributed by atoms with Crippen molar-refractivity contribution in [2.75, 3.05) is 13.7 Å². The van der Waals surface area contributed by atoms with Gasteiger partial charge in [-0.2, -0.15) is 0 Å². The second kappa shape index (κ2) is 6.15. The van der Waals surface area contributed by atoms with E-state index in [9.17, 15) is 13.6 Å². The van der Waals surface area contributed by atoms with Crippen LogP contribution in [0.3, 0.4) is 0 Å². The summed E-state index contributed by atoms with van der Waals surface area (Å²) in [6.45, 7) is 0.108. The van der Waals surface area contributed by atoms with Gasteiger partial charge in [0.15, 0.2) is 11.6 Å². The van der Waals surface area contributed by atoms with Gasteiger partial charge in [0.05, 0.1) is 12.6 Å². The molecule has 0 spiro atoms. The maximum Gasteiger partial charge on any atom is 0.234 e. The van der Waals surface area contributed by atoms with Gasteiger partial charge in [0, 0.05) is 12.5 Å². The van der Waals surface area contributed by atoms with Crippen molar-refractivity contribution in [3.8, 4) is 5.75 Å². The van der Waals surface area contributed by atoms with E-state index in [4.69, 9.17) is 10.5 Å². The first kappa shape index (κ1) is 13.4. The quantitative estimate of drug-likeness (QED) is 0.778. The van der Waals surface area contributed by atoms with Crippen LogP contribution in [0.15, 0.2) is 18.2 Å². The van der Waals surface area contributed by atoms with E-state index in [1.54, 1.807) is 7.05 Å². The van der Waals surface area contributed by atoms with E-state index in [0.717, 1.165) is 12.1 Å². The molecule has 0 saturated carbocycles. The number of likely N-dealkylation sites (N-methyl/N-ethyl adjacent to an activating group) is 1. The number of primary amides is 1. The Kier molecular flexibility index (Phi) is 4.84. The van der Waals surface area contributed by atoms with Crippen molar-refractivity contribution in [2.45, 2.75) is 12.5 Å². The van der Waals surface area contributed by atoms with Crippen LogP contribution >= 0.6 is 0 Å². The standard InChI is InChI=1S/C11H14F2N2O2/c1-15-9(11(14)16)4-5-17-10-3-2-7(12)6-8(10)13/h2-3,6,9,15H,4-5H2,1H3,(H2,14,16). The largest absolute Gasteiger partial charge is 0.490 e. The highest BCUT2D eigenvalue weighted by Gasteiger charge is 2.13. The summed E-state index contributed by atoms with van der Waals surface area (Å²) in [6.07, 6.45) is 0.308. The highest BCUT2D eigenvalue weighted by molar-refractivity contribution is 5.79. The number of rotatable bonds is 6. The van der Waals surface area contributed by atoms with E-state index in [-0.39, 0.29) is 12.4 Å². The van der Waals surface area contributed by atoms with Crippen LogP contribution in [0, 0.1) is 11.6 Å². The zero-order chi connectivity index (χ0) is 12.8. The van der Waals surface area contributed by atoms with Gasteiger partial charge in [-0.3, -0.25) is 4.79 Å². The van der Waals surface area contributed by atoms with Gasteiger partial charge in [-0.15, -0.1) is 0 Å². The van der Waals surface area contributed by atoms with Crippen molar-refractivity contribution in [2.24, 2.45) is 5.73 Å². The van der Waals surface area contributed by atoms with Crippen LogP contribution in [-0.4, -0.2) is 25.6 Å². The summed E-state index contributed by atoms with van der Waals surface area (Å²) < 4.78 is 30.8. The molecule has 6 heteroatoms. The van der Waals surface area contributed by atoms with Gasteiger partial charge < -0.3 is 15.8 Å². The van der Waals surface area contributed by atoms with Crippen molar-refractivity contribution in [3.63, 3.8) is 0 Å². The number of carbonyl (C=O) groups excluding carboxylic acids is 1. The number of benzene rings is 1. The number of ether oxygens (including phenoxy) is 1. The highest BCUT2D eigenvalue weighted by atomic mass is 19.1. The van der Waals surface area contributed by atoms with Crippen LogP contribution in [0.4, 0.5) is 8.78 Å². The molecular formula is C11H14F2N2O2. The maximum absolute atomic E-state index is 13.1. The SMILES string of the molecule is CNC(CCOc1ccc(F)cc1F)C(N)=O. The van der Waals surface area contributed by atoms with Gasteiger partial charge in [-0.1, -0.05) is 0 Å². The van der Waals surface area contributed by atoms with Crippen LogP contribution in [0.1, 0.15) is 6.42 Å². The Morgan fingerprint density at radius 1 is 1.53 bits per heavy atom. The van der Waals surface area contributed by atoms with E-state index < -0.39 is 23.6 Å². The summed E-state index contributed by atoms with van der Waals surface area (Å²) in [7, 11) is 1.59. The molecule has 0 fully saturated rings. The van der Waals surface area contributed by atoms with E-state index in [1.807, 2.05) is 0 Å². The number of halogens is 2. The van der Waals surface area contributed by atoms with Crippen molar-refractivity contribution < 1.29 is 18.3 Å². The Morgan fingerprint density at radius 3 is 2.76 bits per heavy atom. The number of amides is 1. The minimum atomic E-state index is -0.773. The summed E-state index contributed by atoms with van der Waals surface area (Å²) in [5.41, 5.74) is 5.10. The lowest BCUT2D eigenvalue weighted by molar-refractivity contribution is -0.120. The topological polar surface area (TPSA) is 64.3 Å². The third-order valence-corrected chi connectivity index (χ3v) is 2.25. The van der Waals surface area contributed by atoms with Gasteiger partial charge in [0.25, 0.3) is 0 Å². The summed E-state index contributed by atoms with van der Waals surface area (Å²) in [6, 6.07) is 2.50. The number of hydrogen-bond acceptors (Lipinski definition) is 3. The Morgan fingerprint density at radius 2 is 2.24 bits per heavy atom. The first-order valence-electron chi connectivity index (χ1n) is 5.09. The highest BCUT2D eigenvalue weighted by Crippen LogP contribution is 2.17. The molecule has 0 bridgehead atoms. The van der Waals surface area contributed by atoms with Crippen LogP contribution in [0.25, 0.3) is 0 Å². The first-order chi connectivity index (χ1) is 8.04. The van der Waals surface area contributed by atoms with E-state index in [2.05, 4.69) is 5.32 Å². The van der Waals surface area contributed by atoms with E-state index in [1.165, 1.54) is 6.07 Å². The average Bonchev–Trinajstić information content (AvgIpc) is 2.26. The van der Waals surface area contributed by atoms with Crippen molar-refractivity contribution in [3.05, 3.63) is 29.8 Å². The van der Waals surface area contributed by atoms with Gasteiger partial charge >= 0.3 is 0 Å². The molecular weight excluding hydrogens is 230 g/mol. The molecule has 94 valence electrons. The summed E-state index contributed by atoms with van der Waals surface area (Å²) in [5.74, 6) is -1.99. The molecule has 0 aliphatic heterocycles. The molecule has 4 nitrogen and oxygen atoms in total. The predicted molar refractivity (Wildman–Crippen MR) is 58.5 cm³/mol. The number of hydrogen-bond donors (Lipinski definition) is 2. The Bertz CT molecular complexity index is 399. The smallest absolute Gasteiger partial charge is 0.234 e. The van der Waals surface area contributed by atoms with Crippen molar-refractivity contribution >= 4 is 5.91 Å². The zero-order valence-electron chi connectivity index (χ0n) is 9.37. The molecule has 1 unspecified atom stereocenters. The molecule has 0 heterocycles. The normalized spacial score (nSPS) is 12.2. The van der Waals surface area contributed by atoms with E-state index >= 15 is 0 Å². The number of carbonyl (C=O) groups is 1. The maximum atomic E-state index is 13.1. The van der Waals surface area contributed by atoms with Crippen molar-refractivity contribution in [1.82, 2.24) is 5.32 Å². The lowest BCUT2D eigenvalue weighted by Gasteiger charge is -2.13. The average molecular weight is 244 g/mol. The van der Waals surface area contributed by atoms with E-state index in [0.29, 0.717) is 6.42 Å². The number of nitrogens with one attached hydrogen (secondary N) is 1. The Hall–Kier alpha value is -1.69. The van der Waals surface area contributed by atoms with Crippen LogP contribution < -0.4 is 15.8 Å². The van der Waals surface area contributed by atoms with Crippen LogP contribution in [0.2, 0.25) is 0 Å². The molecule has 0 aliphatic carbocycles. The lowest BCUT2D eigenvalue weighted by Crippen LogP contribution is -2.40. The molecule has 1 atom stereocenters. The summed E-state index contributed by atoms with van der Waals surface area (Å²) in [5, 5.41) is 2.70. The number of nitrogens with two attached hydrogens (primary N) is 1. The minimum Gasteiger partial charge on any atom is -0.490 e. The molecule has 1 rings (SSSR count). The summed E-state index contributed by atoms with van der Waals surface area (Å²) in [4.78, 5) is 10.9. The fourth-order valence-electron chi connectivity index (χ4n) is 1.31. The fraction of sp³-hybridized carbons (Fsp3) is 0.364. The fourth-order valence-corrected chi connectivity index (χ4v) is 1.31. The van der Waals surface area contributed by atoms with Gasteiger partial charge in [-0.05, 0) is 19.2 Å². The zero-order valence-corrected chi connectivity index (χ0v) is 9.37. The van der Waals surface area contributed by atoms with Gasteiger partial charge in [-0.25, -0.2) is 8.78 Å². The predicted octanol–water partition coefficient (Wildman–Crippen LogP) is 0.807. The third-order valence-electron chi connectivity index (χ3n) is 2.25. The molecule has 17 heavy (non-hydrogen) atoms. The lowest BCUT2D eigenvalue weighted by atomic mass is 10.2. The molecule has 0 aliphatic rings. The Balaban J connectivity index is 2.48. The molecule has 1 amide bonds.